The van der Waals surface area contributed by atoms with E-state index in [9.17, 15) is 0 Å². The summed E-state index contributed by atoms with van der Waals surface area (Å²) in [7, 11) is 0. The number of anilines is 1. The number of fused-ring (bicyclic) bond motifs is 1. The van der Waals surface area contributed by atoms with Crippen LogP contribution in [0.2, 0.25) is 0 Å². The lowest BCUT2D eigenvalue weighted by Gasteiger charge is -2.10. The van der Waals surface area contributed by atoms with Crippen LogP contribution in [-0.4, -0.2) is 4.98 Å². The van der Waals surface area contributed by atoms with Gasteiger partial charge in [-0.05, 0) is 36.6 Å². The summed E-state index contributed by atoms with van der Waals surface area (Å²) in [5.41, 5.74) is 7.23. The van der Waals surface area contributed by atoms with E-state index in [-0.39, 0.29) is 0 Å². The lowest BCUT2D eigenvalue weighted by Crippen LogP contribution is -2.08. The lowest BCUT2D eigenvalue weighted by atomic mass is 10.0. The first-order chi connectivity index (χ1) is 8.78. The van der Waals surface area contributed by atoms with Gasteiger partial charge in [0.1, 0.15) is 0 Å². The predicted octanol–water partition coefficient (Wildman–Crippen LogP) is 3.43. The molecule has 0 atom stereocenters. The number of aromatic nitrogens is 1. The van der Waals surface area contributed by atoms with Gasteiger partial charge >= 0.3 is 0 Å². The van der Waals surface area contributed by atoms with Gasteiger partial charge in [0.05, 0.1) is 11.2 Å². The highest BCUT2D eigenvalue weighted by molar-refractivity contribution is 5.91. The van der Waals surface area contributed by atoms with E-state index >= 15 is 0 Å². The zero-order chi connectivity index (χ0) is 13.0. The van der Waals surface area contributed by atoms with Crippen LogP contribution in [0, 0.1) is 0 Å². The molecule has 0 saturated heterocycles. The number of aryl methyl sites for hydroxylation is 2. The molecule has 2 rings (SSSR count). The van der Waals surface area contributed by atoms with E-state index in [0.717, 1.165) is 48.0 Å². The molecule has 0 spiro atoms. The zero-order valence-corrected chi connectivity index (χ0v) is 11.2. The molecule has 0 aliphatic heterocycles. The molecule has 3 nitrogen and oxygen atoms in total. The molecule has 0 aliphatic rings. The monoisotopic (exact) mass is 243 g/mol. The van der Waals surface area contributed by atoms with Gasteiger partial charge < -0.3 is 5.43 Å². The Balaban J connectivity index is 2.52. The fourth-order valence-corrected chi connectivity index (χ4v) is 2.28. The molecule has 3 heteroatoms. The number of nitrogens with two attached hydrogens (primary N) is 1. The maximum Gasteiger partial charge on any atom is 0.0726 e. The number of pyridine rings is 1. The Labute approximate surface area is 108 Å². The van der Waals surface area contributed by atoms with Gasteiger partial charge in [-0.15, -0.1) is 0 Å². The Morgan fingerprint density at radius 2 is 1.89 bits per heavy atom. The Morgan fingerprint density at radius 3 is 2.56 bits per heavy atom. The molecule has 0 amide bonds. The molecule has 1 aromatic heterocycles. The number of hydrogen-bond donors (Lipinski definition) is 2. The first kappa shape index (κ1) is 12.8. The fourth-order valence-electron chi connectivity index (χ4n) is 2.28. The molecule has 0 saturated carbocycles. The Hall–Kier alpha value is -1.61. The third-order valence-electron chi connectivity index (χ3n) is 3.13. The van der Waals surface area contributed by atoms with Crippen molar-refractivity contribution in [3.05, 3.63) is 35.5 Å². The summed E-state index contributed by atoms with van der Waals surface area (Å²) >= 11 is 0. The van der Waals surface area contributed by atoms with Crippen LogP contribution in [0.4, 0.5) is 5.69 Å². The first-order valence-corrected chi connectivity index (χ1v) is 6.67. The minimum atomic E-state index is 0.974. The van der Waals surface area contributed by atoms with Gasteiger partial charge in [0.15, 0.2) is 0 Å². The third-order valence-corrected chi connectivity index (χ3v) is 3.13. The molecular formula is C15H21N3. The highest BCUT2D eigenvalue weighted by Gasteiger charge is 2.05. The van der Waals surface area contributed by atoms with Crippen molar-refractivity contribution < 1.29 is 0 Å². The van der Waals surface area contributed by atoms with Gasteiger partial charge in [-0.3, -0.25) is 10.8 Å². The van der Waals surface area contributed by atoms with Crippen molar-refractivity contribution in [2.45, 2.75) is 39.5 Å². The lowest BCUT2D eigenvalue weighted by molar-refractivity contribution is 0.889. The molecule has 96 valence electrons. The zero-order valence-electron chi connectivity index (χ0n) is 11.2. The van der Waals surface area contributed by atoms with Crippen LogP contribution in [0.1, 0.15) is 37.9 Å². The number of hydrogen-bond acceptors (Lipinski definition) is 3. The van der Waals surface area contributed by atoms with Crippen LogP contribution in [0.5, 0.6) is 0 Å². The molecule has 1 heterocycles. The minimum absolute atomic E-state index is 0.974. The van der Waals surface area contributed by atoms with Crippen LogP contribution in [-0.2, 0) is 12.8 Å². The highest BCUT2D eigenvalue weighted by atomic mass is 15.2. The van der Waals surface area contributed by atoms with E-state index in [0.29, 0.717) is 0 Å². The van der Waals surface area contributed by atoms with Crippen molar-refractivity contribution in [2.24, 2.45) is 5.84 Å². The maximum absolute atomic E-state index is 5.63. The van der Waals surface area contributed by atoms with E-state index in [2.05, 4.69) is 48.5 Å². The van der Waals surface area contributed by atoms with Gasteiger partial charge in [-0.1, -0.05) is 32.8 Å². The molecule has 0 bridgehead atoms. The second-order valence-corrected chi connectivity index (χ2v) is 4.66. The van der Waals surface area contributed by atoms with Crippen LogP contribution in [0.25, 0.3) is 10.9 Å². The molecule has 2 aromatic rings. The van der Waals surface area contributed by atoms with Crippen molar-refractivity contribution in [3.63, 3.8) is 0 Å². The molecule has 0 aliphatic carbocycles. The van der Waals surface area contributed by atoms with E-state index in [1.54, 1.807) is 0 Å². The number of nitrogen functional groups attached to an aromatic ring is 1. The quantitative estimate of drug-likeness (QED) is 0.625. The molecule has 1 aromatic carbocycles. The second kappa shape index (κ2) is 5.83. The number of hydrazine groups is 1. The van der Waals surface area contributed by atoms with E-state index in [4.69, 9.17) is 5.84 Å². The van der Waals surface area contributed by atoms with Crippen LogP contribution < -0.4 is 11.3 Å². The first-order valence-electron chi connectivity index (χ1n) is 6.67. The summed E-state index contributed by atoms with van der Waals surface area (Å²) in [5.74, 6) is 5.63. The van der Waals surface area contributed by atoms with Crippen molar-refractivity contribution in [3.8, 4) is 0 Å². The summed E-state index contributed by atoms with van der Waals surface area (Å²) in [5, 5.41) is 1.11. The summed E-state index contributed by atoms with van der Waals surface area (Å²) < 4.78 is 0. The van der Waals surface area contributed by atoms with Gasteiger partial charge in [0, 0.05) is 11.1 Å². The Kier molecular flexibility index (Phi) is 4.15. The van der Waals surface area contributed by atoms with E-state index < -0.39 is 0 Å². The average molecular weight is 243 g/mol. The predicted molar refractivity (Wildman–Crippen MR) is 77.5 cm³/mol. The van der Waals surface area contributed by atoms with Crippen LogP contribution >= 0.6 is 0 Å². The number of benzene rings is 1. The molecule has 0 radical (unpaired) electrons. The van der Waals surface area contributed by atoms with Gasteiger partial charge in [0.2, 0.25) is 0 Å². The van der Waals surface area contributed by atoms with Crippen molar-refractivity contribution in [1.29, 1.82) is 0 Å². The van der Waals surface area contributed by atoms with Crippen molar-refractivity contribution >= 4 is 16.6 Å². The normalized spacial score (nSPS) is 10.8. The smallest absolute Gasteiger partial charge is 0.0726 e. The van der Waals surface area contributed by atoms with Gasteiger partial charge in [0.25, 0.3) is 0 Å². The van der Waals surface area contributed by atoms with Gasteiger partial charge in [-0.25, -0.2) is 0 Å². The number of nitrogens with zero attached hydrogens (tertiary/aromatic N) is 1. The van der Waals surface area contributed by atoms with Crippen LogP contribution in [0.3, 0.4) is 0 Å². The molecule has 18 heavy (non-hydrogen) atoms. The topological polar surface area (TPSA) is 50.9 Å². The Bertz CT molecular complexity index is 534. The summed E-state index contributed by atoms with van der Waals surface area (Å²) in [6.45, 7) is 4.35. The Morgan fingerprint density at radius 1 is 1.11 bits per heavy atom. The largest absolute Gasteiger partial charge is 0.323 e. The van der Waals surface area contributed by atoms with Gasteiger partial charge in [-0.2, -0.15) is 0 Å². The maximum atomic E-state index is 5.63. The minimum Gasteiger partial charge on any atom is -0.323 e. The highest BCUT2D eigenvalue weighted by Crippen LogP contribution is 2.24. The summed E-state index contributed by atoms with van der Waals surface area (Å²) in [6, 6.07) is 8.51. The standard InChI is InChI=1S/C15H21N3/c1-3-5-11-7-8-14-13(9-11)15(18-16)10-12(17-14)6-4-2/h7-10H,3-6,16H2,1-2H3,(H,17,18). The molecule has 0 unspecified atom stereocenters. The third kappa shape index (κ3) is 2.62. The summed E-state index contributed by atoms with van der Waals surface area (Å²) in [4.78, 5) is 4.68. The van der Waals surface area contributed by atoms with E-state index in [1.165, 1.54) is 5.56 Å². The van der Waals surface area contributed by atoms with Crippen molar-refractivity contribution in [2.75, 3.05) is 5.43 Å². The van der Waals surface area contributed by atoms with Crippen molar-refractivity contribution in [1.82, 2.24) is 4.98 Å². The SMILES string of the molecule is CCCc1ccc2nc(CCC)cc(NN)c2c1. The van der Waals surface area contributed by atoms with Crippen LogP contribution in [0.15, 0.2) is 24.3 Å². The average Bonchev–Trinajstić information content (AvgIpc) is 2.39. The van der Waals surface area contributed by atoms with E-state index in [1.807, 2.05) is 0 Å². The second-order valence-electron chi connectivity index (χ2n) is 4.66. The summed E-state index contributed by atoms with van der Waals surface area (Å²) in [6.07, 6.45) is 4.33. The number of nitrogens with one attached hydrogen (secondary N) is 1. The number of rotatable bonds is 5. The molecular weight excluding hydrogens is 222 g/mol. The molecule has 0 fully saturated rings. The fraction of sp³-hybridized carbons (Fsp3) is 0.400. The molecule has 3 N–H and O–H groups in total.